The first kappa shape index (κ1) is 14.7. The molecule has 7 heteroatoms. The molecule has 100 valence electrons. The van der Waals surface area contributed by atoms with Crippen molar-refractivity contribution in [2.75, 3.05) is 18.0 Å². The van der Waals surface area contributed by atoms with E-state index in [2.05, 4.69) is 5.32 Å². The molecule has 0 aliphatic rings. The number of nitrogen functional groups attached to an aromatic ring is 1. The number of carbonyl (C=O) groups excluding carboxylic acids is 1. The minimum absolute atomic E-state index is 0.0444. The highest BCUT2D eigenvalue weighted by Crippen LogP contribution is 2.29. The fourth-order valence-corrected chi connectivity index (χ4v) is 1.75. The van der Waals surface area contributed by atoms with Crippen molar-refractivity contribution >= 4 is 23.4 Å². The molecule has 0 aromatic heterocycles. The van der Waals surface area contributed by atoms with Crippen molar-refractivity contribution in [3.05, 3.63) is 29.3 Å². The van der Waals surface area contributed by atoms with Crippen LogP contribution in [0.4, 0.5) is 18.9 Å². The van der Waals surface area contributed by atoms with Crippen LogP contribution in [0.5, 0.6) is 0 Å². The zero-order chi connectivity index (χ0) is 13.8. The number of amides is 1. The number of alkyl halides is 3. The molecule has 1 aromatic rings. The molecule has 0 unspecified atom stereocenters. The highest BCUT2D eigenvalue weighted by atomic mass is 32.2. The van der Waals surface area contributed by atoms with Gasteiger partial charge in [0.25, 0.3) is 5.91 Å². The Labute approximate surface area is 107 Å². The number of anilines is 1. The Bertz CT molecular complexity index is 435. The molecule has 1 aromatic carbocycles. The largest absolute Gasteiger partial charge is 0.441 e. The van der Waals surface area contributed by atoms with E-state index < -0.39 is 11.4 Å². The molecular formula is C11H13F3N2OS. The lowest BCUT2D eigenvalue weighted by atomic mass is 10.1. The molecule has 0 heterocycles. The Morgan fingerprint density at radius 2 is 2.11 bits per heavy atom. The number of nitrogens with one attached hydrogen (secondary N) is 1. The minimum Gasteiger partial charge on any atom is -0.399 e. The summed E-state index contributed by atoms with van der Waals surface area (Å²) < 4.78 is 35.6. The monoisotopic (exact) mass is 278 g/mol. The van der Waals surface area contributed by atoms with Crippen molar-refractivity contribution in [2.24, 2.45) is 0 Å². The maximum atomic E-state index is 11.9. The second kappa shape index (κ2) is 5.99. The minimum atomic E-state index is -4.27. The first-order valence-corrected chi connectivity index (χ1v) is 6.13. The average Bonchev–Trinajstić information content (AvgIpc) is 2.26. The van der Waals surface area contributed by atoms with Gasteiger partial charge in [0.05, 0.1) is 0 Å². The fourth-order valence-electron chi connectivity index (χ4n) is 1.31. The van der Waals surface area contributed by atoms with Gasteiger partial charge in [0.15, 0.2) is 0 Å². The molecule has 3 nitrogen and oxygen atoms in total. The van der Waals surface area contributed by atoms with Crippen LogP contribution < -0.4 is 11.1 Å². The van der Waals surface area contributed by atoms with E-state index in [0.717, 1.165) is 5.56 Å². The number of rotatable bonds is 4. The lowest BCUT2D eigenvalue weighted by molar-refractivity contribution is -0.0327. The van der Waals surface area contributed by atoms with Crippen LogP contribution in [-0.2, 0) is 0 Å². The maximum absolute atomic E-state index is 11.9. The van der Waals surface area contributed by atoms with Crippen LogP contribution in [0.1, 0.15) is 15.9 Å². The SMILES string of the molecule is Cc1ccc(N)cc1C(=O)NCCSC(F)(F)F. The predicted molar refractivity (Wildman–Crippen MR) is 66.4 cm³/mol. The van der Waals surface area contributed by atoms with Crippen molar-refractivity contribution < 1.29 is 18.0 Å². The van der Waals surface area contributed by atoms with Crippen molar-refractivity contribution in [3.8, 4) is 0 Å². The van der Waals surface area contributed by atoms with Crippen molar-refractivity contribution in [2.45, 2.75) is 12.4 Å². The number of benzene rings is 1. The second-order valence-electron chi connectivity index (χ2n) is 3.62. The summed E-state index contributed by atoms with van der Waals surface area (Å²) in [5.41, 5.74) is 2.83. The standard InChI is InChI=1S/C11H13F3N2OS/c1-7-2-3-8(15)6-9(7)10(17)16-4-5-18-11(12,13)14/h2-3,6H,4-5,15H2,1H3,(H,16,17). The van der Waals surface area contributed by atoms with E-state index in [4.69, 9.17) is 5.73 Å². The van der Waals surface area contributed by atoms with Crippen LogP contribution >= 0.6 is 11.8 Å². The Morgan fingerprint density at radius 3 is 2.72 bits per heavy atom. The topological polar surface area (TPSA) is 55.1 Å². The first-order chi connectivity index (χ1) is 8.29. The van der Waals surface area contributed by atoms with E-state index in [1.54, 1.807) is 19.1 Å². The molecule has 0 bridgehead atoms. The van der Waals surface area contributed by atoms with E-state index in [0.29, 0.717) is 11.3 Å². The Kier molecular flexibility index (Phi) is 4.89. The zero-order valence-electron chi connectivity index (χ0n) is 9.67. The number of carbonyl (C=O) groups is 1. The van der Waals surface area contributed by atoms with Gasteiger partial charge in [-0.1, -0.05) is 6.07 Å². The highest BCUT2D eigenvalue weighted by Gasteiger charge is 2.27. The van der Waals surface area contributed by atoms with E-state index in [-0.39, 0.29) is 24.1 Å². The summed E-state index contributed by atoms with van der Waals surface area (Å²) in [5.74, 6) is -0.626. The van der Waals surface area contributed by atoms with Crippen molar-refractivity contribution in [1.29, 1.82) is 0 Å². The van der Waals surface area contributed by atoms with E-state index in [1.807, 2.05) is 0 Å². The summed E-state index contributed by atoms with van der Waals surface area (Å²) >= 11 is -0.161. The lowest BCUT2D eigenvalue weighted by Gasteiger charge is -2.09. The third-order valence-electron chi connectivity index (χ3n) is 2.16. The van der Waals surface area contributed by atoms with Gasteiger partial charge in [-0.15, -0.1) is 0 Å². The quantitative estimate of drug-likeness (QED) is 0.657. The van der Waals surface area contributed by atoms with Gasteiger partial charge in [-0.05, 0) is 36.4 Å². The summed E-state index contributed by atoms with van der Waals surface area (Å²) in [6.45, 7) is 1.69. The number of hydrogen-bond donors (Lipinski definition) is 2. The van der Waals surface area contributed by atoms with Gasteiger partial charge in [-0.2, -0.15) is 13.2 Å². The molecule has 18 heavy (non-hydrogen) atoms. The highest BCUT2D eigenvalue weighted by molar-refractivity contribution is 8.00. The zero-order valence-corrected chi connectivity index (χ0v) is 10.5. The number of nitrogens with two attached hydrogens (primary N) is 1. The summed E-state index contributed by atoms with van der Waals surface area (Å²) in [5, 5.41) is 2.42. The first-order valence-electron chi connectivity index (χ1n) is 5.14. The van der Waals surface area contributed by atoms with Crippen LogP contribution in [0.3, 0.4) is 0 Å². The molecule has 0 aliphatic heterocycles. The van der Waals surface area contributed by atoms with Gasteiger partial charge >= 0.3 is 5.51 Å². The van der Waals surface area contributed by atoms with Crippen molar-refractivity contribution in [3.63, 3.8) is 0 Å². The van der Waals surface area contributed by atoms with E-state index in [9.17, 15) is 18.0 Å². The Morgan fingerprint density at radius 1 is 1.44 bits per heavy atom. The van der Waals surface area contributed by atoms with Gasteiger partial charge in [-0.3, -0.25) is 4.79 Å². The third-order valence-corrected chi connectivity index (χ3v) is 2.90. The molecule has 0 saturated carbocycles. The van der Waals surface area contributed by atoms with E-state index >= 15 is 0 Å². The second-order valence-corrected chi connectivity index (χ2v) is 4.78. The maximum Gasteiger partial charge on any atom is 0.441 e. The molecule has 0 saturated heterocycles. The number of hydrogen-bond acceptors (Lipinski definition) is 3. The molecule has 1 amide bonds. The number of thioether (sulfide) groups is 1. The fraction of sp³-hybridized carbons (Fsp3) is 0.364. The molecule has 1 rings (SSSR count). The number of aryl methyl sites for hydroxylation is 1. The molecule has 0 atom stereocenters. The van der Waals surface area contributed by atoms with Crippen LogP contribution in [0, 0.1) is 6.92 Å². The van der Waals surface area contributed by atoms with Crippen LogP contribution in [-0.4, -0.2) is 23.7 Å². The van der Waals surface area contributed by atoms with Gasteiger partial charge in [0, 0.05) is 23.5 Å². The molecular weight excluding hydrogens is 265 g/mol. The van der Waals surface area contributed by atoms with Gasteiger partial charge < -0.3 is 11.1 Å². The summed E-state index contributed by atoms with van der Waals surface area (Å²) in [6, 6.07) is 4.85. The lowest BCUT2D eigenvalue weighted by Crippen LogP contribution is -2.27. The Balaban J connectivity index is 2.48. The van der Waals surface area contributed by atoms with Crippen LogP contribution in [0.15, 0.2) is 18.2 Å². The van der Waals surface area contributed by atoms with Crippen molar-refractivity contribution in [1.82, 2.24) is 5.32 Å². The summed E-state index contributed by atoms with van der Waals surface area (Å²) in [7, 11) is 0. The van der Waals surface area contributed by atoms with Gasteiger partial charge in [0.2, 0.25) is 0 Å². The summed E-state index contributed by atoms with van der Waals surface area (Å²) in [6.07, 6.45) is 0. The van der Waals surface area contributed by atoms with E-state index in [1.165, 1.54) is 6.07 Å². The van der Waals surface area contributed by atoms with Gasteiger partial charge in [0.1, 0.15) is 0 Å². The average molecular weight is 278 g/mol. The molecule has 0 aliphatic carbocycles. The molecule has 0 fully saturated rings. The smallest absolute Gasteiger partial charge is 0.399 e. The van der Waals surface area contributed by atoms with Crippen LogP contribution in [0.25, 0.3) is 0 Å². The predicted octanol–water partition coefficient (Wildman–Crippen LogP) is 2.56. The Hall–Kier alpha value is -1.37. The molecule has 3 N–H and O–H groups in total. The molecule has 0 radical (unpaired) electrons. The third kappa shape index (κ3) is 4.87. The summed E-state index contributed by atoms with van der Waals surface area (Å²) in [4.78, 5) is 11.7. The number of halogens is 3. The van der Waals surface area contributed by atoms with Crippen LogP contribution in [0.2, 0.25) is 0 Å². The van der Waals surface area contributed by atoms with Gasteiger partial charge in [-0.25, -0.2) is 0 Å². The molecule has 0 spiro atoms. The normalized spacial score (nSPS) is 11.3.